The van der Waals surface area contributed by atoms with Crippen LogP contribution in [0.1, 0.15) is 58.3 Å². The number of carbonyl (C=O) groups excluding carboxylic acids is 1. The quantitative estimate of drug-likeness (QED) is 0.717. The zero-order valence-corrected chi connectivity index (χ0v) is 12.4. The van der Waals surface area contributed by atoms with Crippen molar-refractivity contribution in [2.45, 2.75) is 64.4 Å². The Morgan fingerprint density at radius 2 is 2.11 bits per heavy atom. The summed E-state index contributed by atoms with van der Waals surface area (Å²) in [6.45, 7) is 6.19. The predicted molar refractivity (Wildman–Crippen MR) is 77.3 cm³/mol. The molecule has 0 aromatic carbocycles. The van der Waals surface area contributed by atoms with E-state index in [0.29, 0.717) is 17.8 Å². The fraction of sp³-hybridized carbons (Fsp3) is 0.938. The second kappa shape index (κ2) is 8.01. The molecule has 2 aliphatic rings. The van der Waals surface area contributed by atoms with Gasteiger partial charge in [-0.05, 0) is 38.6 Å². The summed E-state index contributed by atoms with van der Waals surface area (Å²) >= 11 is 0. The number of hydrogen-bond donors (Lipinski definition) is 0. The monoisotopic (exact) mass is 267 g/mol. The Bertz CT molecular complexity index is 280. The summed E-state index contributed by atoms with van der Waals surface area (Å²) in [6.07, 6.45) is 9.41. The number of carbonyl (C=O) groups is 1. The van der Waals surface area contributed by atoms with E-state index in [1.54, 1.807) is 0 Å². The van der Waals surface area contributed by atoms with Crippen LogP contribution in [0.5, 0.6) is 0 Å². The minimum Gasteiger partial charge on any atom is -0.377 e. The van der Waals surface area contributed by atoms with Gasteiger partial charge in [0.1, 0.15) is 5.78 Å². The van der Waals surface area contributed by atoms with Crippen molar-refractivity contribution in [2.75, 3.05) is 26.2 Å². The molecular weight excluding hydrogens is 238 g/mol. The van der Waals surface area contributed by atoms with E-state index in [1.807, 2.05) is 0 Å². The van der Waals surface area contributed by atoms with Crippen molar-refractivity contribution in [3.05, 3.63) is 0 Å². The van der Waals surface area contributed by atoms with Gasteiger partial charge in [-0.2, -0.15) is 0 Å². The first kappa shape index (κ1) is 15.0. The smallest absolute Gasteiger partial charge is 0.137 e. The van der Waals surface area contributed by atoms with Crippen LogP contribution in [0.15, 0.2) is 0 Å². The largest absolute Gasteiger partial charge is 0.377 e. The Balaban J connectivity index is 1.78. The van der Waals surface area contributed by atoms with Crippen molar-refractivity contribution in [3.8, 4) is 0 Å². The molecule has 2 fully saturated rings. The molecule has 0 amide bonds. The Morgan fingerprint density at radius 3 is 2.95 bits per heavy atom. The number of nitrogens with zero attached hydrogens (tertiary/aromatic N) is 1. The molecule has 0 radical (unpaired) electrons. The van der Waals surface area contributed by atoms with Crippen LogP contribution in [0.2, 0.25) is 0 Å². The number of ether oxygens (including phenoxy) is 1. The van der Waals surface area contributed by atoms with Crippen LogP contribution in [0.3, 0.4) is 0 Å². The first-order valence-corrected chi connectivity index (χ1v) is 8.16. The van der Waals surface area contributed by atoms with Crippen molar-refractivity contribution in [2.24, 2.45) is 5.92 Å². The molecule has 0 aromatic rings. The van der Waals surface area contributed by atoms with Gasteiger partial charge in [-0.25, -0.2) is 0 Å². The lowest BCUT2D eigenvalue weighted by atomic mass is 9.97. The Labute approximate surface area is 117 Å². The van der Waals surface area contributed by atoms with Gasteiger partial charge in [0, 0.05) is 32.0 Å². The van der Waals surface area contributed by atoms with Gasteiger partial charge < -0.3 is 9.64 Å². The highest BCUT2D eigenvalue weighted by atomic mass is 16.5. The van der Waals surface area contributed by atoms with Gasteiger partial charge >= 0.3 is 0 Å². The standard InChI is InChI=1S/C16H29NO2/c1-2-11-19-15-8-6-10-17(13-15)12-14-7-4-3-5-9-16(14)18/h14-15H,2-13H2,1H3. The summed E-state index contributed by atoms with van der Waals surface area (Å²) in [6, 6.07) is 0. The molecule has 2 unspecified atom stereocenters. The molecule has 1 saturated carbocycles. The summed E-state index contributed by atoms with van der Waals surface area (Å²) in [7, 11) is 0. The Hall–Kier alpha value is -0.410. The summed E-state index contributed by atoms with van der Waals surface area (Å²) in [5.41, 5.74) is 0. The van der Waals surface area contributed by atoms with Crippen molar-refractivity contribution in [3.63, 3.8) is 0 Å². The highest BCUT2D eigenvalue weighted by Gasteiger charge is 2.26. The van der Waals surface area contributed by atoms with Crippen molar-refractivity contribution >= 4 is 5.78 Å². The van der Waals surface area contributed by atoms with E-state index in [2.05, 4.69) is 11.8 Å². The van der Waals surface area contributed by atoms with Gasteiger partial charge in [0.25, 0.3) is 0 Å². The molecule has 19 heavy (non-hydrogen) atoms. The minimum atomic E-state index is 0.299. The van der Waals surface area contributed by atoms with E-state index in [-0.39, 0.29) is 0 Å². The van der Waals surface area contributed by atoms with Crippen LogP contribution in [0, 0.1) is 5.92 Å². The molecule has 1 aliphatic heterocycles. The van der Waals surface area contributed by atoms with E-state index in [4.69, 9.17) is 4.74 Å². The zero-order valence-electron chi connectivity index (χ0n) is 12.4. The molecule has 1 heterocycles. The SMILES string of the molecule is CCCOC1CCCN(CC2CCCCCC2=O)C1. The molecule has 110 valence electrons. The summed E-state index contributed by atoms with van der Waals surface area (Å²) in [4.78, 5) is 14.6. The maximum absolute atomic E-state index is 12.1. The fourth-order valence-electron chi connectivity index (χ4n) is 3.34. The van der Waals surface area contributed by atoms with Crippen molar-refractivity contribution < 1.29 is 9.53 Å². The van der Waals surface area contributed by atoms with Crippen LogP contribution in [-0.4, -0.2) is 43.0 Å². The third-order valence-corrected chi connectivity index (χ3v) is 4.43. The van der Waals surface area contributed by atoms with Crippen molar-refractivity contribution in [1.29, 1.82) is 0 Å². The number of piperidine rings is 1. The topological polar surface area (TPSA) is 29.5 Å². The number of ketones is 1. The lowest BCUT2D eigenvalue weighted by Gasteiger charge is -2.34. The van der Waals surface area contributed by atoms with Gasteiger partial charge in [-0.15, -0.1) is 0 Å². The number of hydrogen-bond acceptors (Lipinski definition) is 3. The average molecular weight is 267 g/mol. The van der Waals surface area contributed by atoms with Crippen LogP contribution >= 0.6 is 0 Å². The minimum absolute atomic E-state index is 0.299. The molecular formula is C16H29NO2. The van der Waals surface area contributed by atoms with Crippen LogP contribution in [0.4, 0.5) is 0 Å². The number of rotatable bonds is 5. The second-order valence-corrected chi connectivity index (χ2v) is 6.16. The summed E-state index contributed by atoms with van der Waals surface area (Å²) in [5.74, 6) is 0.807. The molecule has 1 saturated heterocycles. The zero-order chi connectivity index (χ0) is 13.5. The van der Waals surface area contributed by atoms with Gasteiger partial charge in [0.05, 0.1) is 6.10 Å². The van der Waals surface area contributed by atoms with E-state index in [0.717, 1.165) is 51.9 Å². The molecule has 3 heteroatoms. The predicted octanol–water partition coefficient (Wildman–Crippen LogP) is 3.03. The van der Waals surface area contributed by atoms with E-state index < -0.39 is 0 Å². The van der Waals surface area contributed by atoms with E-state index in [1.165, 1.54) is 25.7 Å². The highest BCUT2D eigenvalue weighted by Crippen LogP contribution is 2.23. The Morgan fingerprint density at radius 1 is 1.21 bits per heavy atom. The second-order valence-electron chi connectivity index (χ2n) is 6.16. The van der Waals surface area contributed by atoms with Gasteiger partial charge in [-0.3, -0.25) is 4.79 Å². The molecule has 2 atom stereocenters. The van der Waals surface area contributed by atoms with Crippen molar-refractivity contribution in [1.82, 2.24) is 4.90 Å². The molecule has 3 nitrogen and oxygen atoms in total. The van der Waals surface area contributed by atoms with Crippen LogP contribution in [0.25, 0.3) is 0 Å². The van der Waals surface area contributed by atoms with E-state index in [9.17, 15) is 4.79 Å². The average Bonchev–Trinajstić information content (AvgIpc) is 2.62. The normalized spacial score (nSPS) is 30.3. The maximum Gasteiger partial charge on any atom is 0.137 e. The molecule has 1 aliphatic carbocycles. The van der Waals surface area contributed by atoms with Crippen LogP contribution < -0.4 is 0 Å². The lowest BCUT2D eigenvalue weighted by molar-refractivity contribution is -0.123. The number of Topliss-reactive ketones (excluding diaryl/α,β-unsaturated/α-hetero) is 1. The third-order valence-electron chi connectivity index (χ3n) is 4.43. The first-order valence-electron chi connectivity index (χ1n) is 8.16. The van der Waals surface area contributed by atoms with Gasteiger partial charge in [-0.1, -0.05) is 19.8 Å². The fourth-order valence-corrected chi connectivity index (χ4v) is 3.34. The lowest BCUT2D eigenvalue weighted by Crippen LogP contribution is -2.43. The molecule has 0 spiro atoms. The third kappa shape index (κ3) is 4.88. The van der Waals surface area contributed by atoms with E-state index >= 15 is 0 Å². The molecule has 0 aromatic heterocycles. The molecule has 2 rings (SSSR count). The van der Waals surface area contributed by atoms with Gasteiger partial charge in [0.15, 0.2) is 0 Å². The first-order chi connectivity index (χ1) is 9.29. The molecule has 0 bridgehead atoms. The summed E-state index contributed by atoms with van der Waals surface area (Å²) in [5, 5.41) is 0. The molecule has 0 N–H and O–H groups in total. The Kier molecular flexibility index (Phi) is 6.32. The maximum atomic E-state index is 12.1. The summed E-state index contributed by atoms with van der Waals surface area (Å²) < 4.78 is 5.88. The number of likely N-dealkylation sites (tertiary alicyclic amines) is 1. The highest BCUT2D eigenvalue weighted by molar-refractivity contribution is 5.81. The van der Waals surface area contributed by atoms with Crippen LogP contribution in [-0.2, 0) is 9.53 Å². The van der Waals surface area contributed by atoms with Gasteiger partial charge in [0.2, 0.25) is 0 Å².